The molecule has 7 rings (SSSR count). The summed E-state index contributed by atoms with van der Waals surface area (Å²) >= 11 is 0. The monoisotopic (exact) mass is 584 g/mol. The van der Waals surface area contributed by atoms with Gasteiger partial charge in [0.2, 0.25) is 0 Å². The number of nitrogens with two attached hydrogens (primary N) is 2. The van der Waals surface area contributed by atoms with E-state index >= 15 is 4.39 Å². The zero-order valence-electron chi connectivity index (χ0n) is 23.1. The van der Waals surface area contributed by atoms with Gasteiger partial charge < -0.3 is 21.3 Å². The highest BCUT2D eigenvalue weighted by atomic mass is 19.1. The second kappa shape index (κ2) is 10.4. The van der Waals surface area contributed by atoms with Crippen molar-refractivity contribution in [3.05, 3.63) is 93.7 Å². The van der Waals surface area contributed by atoms with Crippen LogP contribution in [0.2, 0.25) is 0 Å². The van der Waals surface area contributed by atoms with Crippen LogP contribution in [0.5, 0.6) is 0 Å². The van der Waals surface area contributed by atoms with Gasteiger partial charge in [-0.05, 0) is 55.5 Å². The van der Waals surface area contributed by atoms with Crippen LogP contribution in [0.15, 0.2) is 59.8 Å². The normalized spacial score (nSPS) is 20.3. The molecule has 1 aliphatic heterocycles. The predicted molar refractivity (Wildman–Crippen MR) is 154 cm³/mol. The van der Waals surface area contributed by atoms with Gasteiger partial charge in [0.15, 0.2) is 11.6 Å². The van der Waals surface area contributed by atoms with Gasteiger partial charge in [-0.15, -0.1) is 0 Å². The summed E-state index contributed by atoms with van der Waals surface area (Å²) in [5, 5.41) is 14.4. The van der Waals surface area contributed by atoms with Gasteiger partial charge in [0.1, 0.15) is 29.3 Å². The van der Waals surface area contributed by atoms with Gasteiger partial charge in [-0.2, -0.15) is 9.78 Å². The minimum Gasteiger partial charge on any atom is -0.393 e. The topological polar surface area (TPSA) is 169 Å². The highest BCUT2D eigenvalue weighted by Crippen LogP contribution is 2.40. The summed E-state index contributed by atoms with van der Waals surface area (Å²) in [5.74, 6) is -0.783. The molecule has 1 amide bonds. The lowest BCUT2D eigenvalue weighted by Crippen LogP contribution is -2.29. The molecule has 0 bridgehead atoms. The highest BCUT2D eigenvalue weighted by molar-refractivity contribution is 5.94. The van der Waals surface area contributed by atoms with E-state index < -0.39 is 23.4 Å². The molecule has 1 unspecified atom stereocenters. The molecular formula is C30H29FN8O4. The number of anilines is 1. The molecule has 220 valence electrons. The number of rotatable bonds is 5. The smallest absolute Gasteiger partial charge is 0.286 e. The van der Waals surface area contributed by atoms with Crippen molar-refractivity contribution in [3.63, 3.8) is 0 Å². The van der Waals surface area contributed by atoms with E-state index in [9.17, 15) is 14.7 Å². The van der Waals surface area contributed by atoms with Crippen LogP contribution in [-0.2, 0) is 11.3 Å². The quantitative estimate of drug-likeness (QED) is 0.283. The van der Waals surface area contributed by atoms with Crippen LogP contribution in [-0.4, -0.2) is 52.7 Å². The maximum Gasteiger partial charge on any atom is 0.286 e. The van der Waals surface area contributed by atoms with E-state index in [0.29, 0.717) is 40.9 Å². The Morgan fingerprint density at radius 2 is 1.88 bits per heavy atom. The lowest BCUT2D eigenvalue weighted by atomic mass is 9.85. The molecular weight excluding hydrogens is 555 g/mol. The number of aliphatic hydroxyl groups is 1. The Morgan fingerprint density at radius 3 is 2.60 bits per heavy atom. The number of amides is 1. The maximum atomic E-state index is 16.1. The Kier molecular flexibility index (Phi) is 6.55. The first-order valence-electron chi connectivity index (χ1n) is 14.1. The third kappa shape index (κ3) is 4.39. The molecule has 1 aliphatic carbocycles. The molecule has 1 saturated carbocycles. The molecule has 1 fully saturated rings. The molecule has 13 heteroatoms. The number of primary amides is 1. The Balaban J connectivity index is 1.33. The highest BCUT2D eigenvalue weighted by Gasteiger charge is 2.35. The first kappa shape index (κ1) is 27.0. The molecule has 12 nitrogen and oxygen atoms in total. The fourth-order valence-electron chi connectivity index (χ4n) is 6.45. The summed E-state index contributed by atoms with van der Waals surface area (Å²) in [6, 6.07) is 11.7. The van der Waals surface area contributed by atoms with Crippen molar-refractivity contribution in [1.82, 2.24) is 28.9 Å². The van der Waals surface area contributed by atoms with E-state index in [1.165, 1.54) is 17.1 Å². The molecule has 1 atom stereocenters. The van der Waals surface area contributed by atoms with Gasteiger partial charge in [-0.1, -0.05) is 18.2 Å². The number of hydrogen-bond acceptors (Lipinski definition) is 8. The van der Waals surface area contributed by atoms with Crippen LogP contribution in [0, 0.1) is 5.82 Å². The predicted octanol–water partition coefficient (Wildman–Crippen LogP) is 2.70. The summed E-state index contributed by atoms with van der Waals surface area (Å²) in [6.45, 7) is 0.472. The zero-order valence-corrected chi connectivity index (χ0v) is 23.1. The van der Waals surface area contributed by atoms with E-state index in [2.05, 4.69) is 15.1 Å². The first-order valence-corrected chi connectivity index (χ1v) is 14.1. The van der Waals surface area contributed by atoms with Crippen LogP contribution < -0.4 is 17.0 Å². The van der Waals surface area contributed by atoms with Gasteiger partial charge in [0.25, 0.3) is 11.5 Å². The lowest BCUT2D eigenvalue weighted by Gasteiger charge is -2.27. The third-order valence-corrected chi connectivity index (χ3v) is 8.44. The van der Waals surface area contributed by atoms with Gasteiger partial charge in [-0.3, -0.25) is 14.3 Å². The van der Waals surface area contributed by atoms with Crippen molar-refractivity contribution in [1.29, 1.82) is 0 Å². The molecule has 0 radical (unpaired) electrons. The molecule has 4 aromatic heterocycles. The van der Waals surface area contributed by atoms with Crippen molar-refractivity contribution < 1.29 is 19.0 Å². The minimum atomic E-state index is -0.930. The fraction of sp³-hybridized carbons (Fsp3) is 0.300. The number of carbonyl (C=O) groups is 1. The number of pyridine rings is 1. The van der Waals surface area contributed by atoms with Crippen molar-refractivity contribution >= 4 is 17.2 Å². The Bertz CT molecular complexity index is 1920. The van der Waals surface area contributed by atoms with Gasteiger partial charge >= 0.3 is 0 Å². The standard InChI is InChI=1S/C30H29FN8O4/c31-21-13-17(27-26-24(29(33)41)30(42)39(37(26)11-12-43-27)23-3-1-2-10-34-23)6-9-19(21)20-14-22(16-4-7-18(40)8-5-16)38-25(20)28(32)35-15-36-38/h1-3,6,9-10,13-16,18,27,40H,4-5,7-8,11-12H2,(H2,33,41)(H2,32,35,36). The van der Waals surface area contributed by atoms with E-state index in [1.807, 2.05) is 6.07 Å². The first-order chi connectivity index (χ1) is 20.8. The van der Waals surface area contributed by atoms with E-state index in [1.54, 1.807) is 45.7 Å². The van der Waals surface area contributed by atoms with Crippen LogP contribution in [0.3, 0.4) is 0 Å². The molecule has 2 aliphatic rings. The number of halogens is 1. The molecule has 0 spiro atoms. The lowest BCUT2D eigenvalue weighted by molar-refractivity contribution is 0.0388. The van der Waals surface area contributed by atoms with Crippen molar-refractivity contribution in [2.24, 2.45) is 5.73 Å². The number of nitrogen functional groups attached to an aromatic ring is 1. The van der Waals surface area contributed by atoms with Crippen LogP contribution in [0.25, 0.3) is 22.5 Å². The van der Waals surface area contributed by atoms with E-state index in [0.717, 1.165) is 18.5 Å². The molecule has 5 N–H and O–H groups in total. The summed E-state index contributed by atoms with van der Waals surface area (Å²) in [5.41, 5.74) is 14.0. The number of benzene rings is 1. The fourth-order valence-corrected chi connectivity index (χ4v) is 6.45. The Morgan fingerprint density at radius 1 is 1.07 bits per heavy atom. The number of aromatic nitrogens is 6. The van der Waals surface area contributed by atoms with Gasteiger partial charge in [-0.25, -0.2) is 18.9 Å². The third-order valence-electron chi connectivity index (χ3n) is 8.44. The zero-order chi connectivity index (χ0) is 29.8. The Hall–Kier alpha value is -4.88. The van der Waals surface area contributed by atoms with Crippen molar-refractivity contribution in [2.45, 2.75) is 50.4 Å². The van der Waals surface area contributed by atoms with Crippen LogP contribution in [0.1, 0.15) is 65.0 Å². The van der Waals surface area contributed by atoms with Crippen LogP contribution in [0.4, 0.5) is 10.2 Å². The summed E-state index contributed by atoms with van der Waals surface area (Å²) < 4.78 is 26.8. The number of nitrogens with zero attached hydrogens (tertiary/aromatic N) is 6. The number of fused-ring (bicyclic) bond motifs is 2. The number of carbonyl (C=O) groups excluding carboxylic acids is 1. The minimum absolute atomic E-state index is 0.129. The largest absolute Gasteiger partial charge is 0.393 e. The summed E-state index contributed by atoms with van der Waals surface area (Å²) in [7, 11) is 0. The van der Waals surface area contributed by atoms with Gasteiger partial charge in [0.05, 0.1) is 24.9 Å². The Labute approximate surface area is 244 Å². The second-order valence-corrected chi connectivity index (χ2v) is 10.9. The maximum absolute atomic E-state index is 16.1. The van der Waals surface area contributed by atoms with E-state index in [-0.39, 0.29) is 42.2 Å². The number of aliphatic hydroxyl groups excluding tert-OH is 1. The average Bonchev–Trinajstić information content (AvgIpc) is 3.54. The summed E-state index contributed by atoms with van der Waals surface area (Å²) in [4.78, 5) is 34.4. The van der Waals surface area contributed by atoms with Crippen LogP contribution >= 0.6 is 0 Å². The summed E-state index contributed by atoms with van der Waals surface area (Å²) in [6.07, 6.45) is 4.58. The van der Waals surface area contributed by atoms with Crippen molar-refractivity contribution in [3.8, 4) is 16.9 Å². The van der Waals surface area contributed by atoms with Crippen molar-refractivity contribution in [2.75, 3.05) is 12.3 Å². The SMILES string of the molecule is NC(=O)c1c2n(n(-c3ccccn3)c1=O)CCOC2c1ccc(-c2cc(C3CCC(O)CC3)n3ncnc(N)c23)c(F)c1. The molecule has 5 heterocycles. The van der Waals surface area contributed by atoms with E-state index in [4.69, 9.17) is 16.2 Å². The number of ether oxygens (including phenoxy) is 1. The average molecular weight is 585 g/mol. The molecule has 43 heavy (non-hydrogen) atoms. The molecule has 0 saturated heterocycles. The second-order valence-electron chi connectivity index (χ2n) is 10.9. The molecule has 5 aromatic rings. The molecule has 1 aromatic carbocycles. The van der Waals surface area contributed by atoms with Gasteiger partial charge in [0, 0.05) is 28.9 Å². The number of hydrogen-bond donors (Lipinski definition) is 3.